The van der Waals surface area contributed by atoms with E-state index >= 15 is 0 Å². The van der Waals surface area contributed by atoms with E-state index in [4.69, 9.17) is 0 Å². The highest BCUT2D eigenvalue weighted by Gasteiger charge is 2.36. The van der Waals surface area contributed by atoms with Crippen molar-refractivity contribution in [2.75, 3.05) is 0 Å². The molecule has 11 aromatic rings. The maximum Gasteiger partial charge on any atom is 0.0159 e. The maximum absolute atomic E-state index is 2.43. The van der Waals surface area contributed by atoms with E-state index in [1.807, 2.05) is 0 Å². The molecule has 0 heteroatoms. The molecule has 266 valence electrons. The van der Waals surface area contributed by atoms with E-state index in [2.05, 4.69) is 208 Å². The van der Waals surface area contributed by atoms with E-state index in [9.17, 15) is 0 Å². The Balaban J connectivity index is 1.02. The maximum atomic E-state index is 2.43. The van der Waals surface area contributed by atoms with Crippen LogP contribution in [0.5, 0.6) is 0 Å². The normalized spacial score (nSPS) is 13.2. The van der Waals surface area contributed by atoms with Crippen LogP contribution in [0, 0.1) is 0 Å². The van der Waals surface area contributed by atoms with Crippen LogP contribution in [0.4, 0.5) is 0 Å². The number of benzene rings is 11. The van der Waals surface area contributed by atoms with Gasteiger partial charge < -0.3 is 0 Å². The zero-order valence-corrected chi connectivity index (χ0v) is 32.0. The largest absolute Gasteiger partial charge is 0.0616 e. The summed E-state index contributed by atoms with van der Waals surface area (Å²) in [6, 6.07) is 72.7. The summed E-state index contributed by atoms with van der Waals surface area (Å²) in [6.07, 6.45) is 0. The molecule has 0 unspecified atom stereocenters. The molecular weight excluding hydrogens is 685 g/mol. The first-order valence-corrected chi connectivity index (χ1v) is 20.1. The molecule has 1 aliphatic carbocycles. The molecule has 0 nitrogen and oxygen atoms in total. The average Bonchev–Trinajstić information content (AvgIpc) is 3.50. The molecule has 0 aliphatic heterocycles. The van der Waals surface area contributed by atoms with E-state index in [0.717, 1.165) is 0 Å². The predicted octanol–water partition coefficient (Wildman–Crippen LogP) is 15.9. The molecule has 0 saturated carbocycles. The smallest absolute Gasteiger partial charge is 0.0159 e. The van der Waals surface area contributed by atoms with Crippen LogP contribution >= 0.6 is 0 Å². The molecular formula is C57H38. The van der Waals surface area contributed by atoms with Gasteiger partial charge in [0.2, 0.25) is 0 Å². The van der Waals surface area contributed by atoms with Crippen LogP contribution in [0.1, 0.15) is 25.0 Å². The summed E-state index contributed by atoms with van der Waals surface area (Å²) >= 11 is 0. The minimum atomic E-state index is -0.0416. The van der Waals surface area contributed by atoms with E-state index in [0.29, 0.717) is 0 Å². The van der Waals surface area contributed by atoms with Gasteiger partial charge in [0.05, 0.1) is 0 Å². The van der Waals surface area contributed by atoms with Gasteiger partial charge in [-0.05, 0) is 138 Å². The summed E-state index contributed by atoms with van der Waals surface area (Å²) in [7, 11) is 0. The zero-order valence-electron chi connectivity index (χ0n) is 32.0. The Morgan fingerprint density at radius 3 is 1.53 bits per heavy atom. The Morgan fingerprint density at radius 2 is 0.807 bits per heavy atom. The fourth-order valence-electron chi connectivity index (χ4n) is 10.3. The zero-order chi connectivity index (χ0) is 37.8. The van der Waals surface area contributed by atoms with Crippen molar-refractivity contribution < 1.29 is 0 Å². The third kappa shape index (κ3) is 4.68. The van der Waals surface area contributed by atoms with Crippen LogP contribution in [-0.2, 0) is 5.41 Å². The molecule has 0 amide bonds. The first-order valence-electron chi connectivity index (χ1n) is 20.1. The molecule has 57 heavy (non-hydrogen) atoms. The highest BCUT2D eigenvalue weighted by Crippen LogP contribution is 2.52. The van der Waals surface area contributed by atoms with Gasteiger partial charge in [-0.15, -0.1) is 0 Å². The molecule has 0 saturated heterocycles. The molecule has 0 bridgehead atoms. The summed E-state index contributed by atoms with van der Waals surface area (Å²) < 4.78 is 0. The molecule has 0 spiro atoms. The lowest BCUT2D eigenvalue weighted by molar-refractivity contribution is 0.661. The molecule has 12 rings (SSSR count). The Labute approximate surface area is 332 Å². The van der Waals surface area contributed by atoms with Gasteiger partial charge in [0.25, 0.3) is 0 Å². The predicted molar refractivity (Wildman–Crippen MR) is 245 cm³/mol. The quantitative estimate of drug-likeness (QED) is 0.126. The van der Waals surface area contributed by atoms with Crippen LogP contribution in [0.3, 0.4) is 0 Å². The van der Waals surface area contributed by atoms with Crippen molar-refractivity contribution >= 4 is 64.6 Å². The highest BCUT2D eigenvalue weighted by atomic mass is 14.4. The van der Waals surface area contributed by atoms with Crippen molar-refractivity contribution in [2.45, 2.75) is 19.3 Å². The lowest BCUT2D eigenvalue weighted by Crippen LogP contribution is -2.14. The first kappa shape index (κ1) is 32.2. The summed E-state index contributed by atoms with van der Waals surface area (Å²) in [5, 5.41) is 15.4. The van der Waals surface area contributed by atoms with Crippen molar-refractivity contribution in [3.05, 3.63) is 205 Å². The Bertz CT molecular complexity index is 3410. The molecule has 1 aliphatic rings. The SMILES string of the molecule is CC1(C)c2ccc(-c3ccc(-c4c5ccccc5c(-c5cccc6c5ccc5cc7ccccc7cc56)c5ccccc45)cc3)cc2-c2c1ccc1ccccc21. The van der Waals surface area contributed by atoms with E-state index < -0.39 is 0 Å². The van der Waals surface area contributed by atoms with Crippen molar-refractivity contribution in [1.29, 1.82) is 0 Å². The third-order valence-corrected chi connectivity index (χ3v) is 13.0. The standard InChI is InChI=1S/C57H38/c1-57(2)52-30-28-40(34-51(52)56-42-15-6-5-12-36(42)27-31-53(56)57)35-22-24-37(25-23-35)54-46-16-7-9-18-48(46)55(49-19-10-8-17-47(49)54)45-21-11-20-43-44(45)29-26-41-32-38-13-3-4-14-39(38)33-50(41)43/h3-34H,1-2H3. The van der Waals surface area contributed by atoms with Crippen LogP contribution < -0.4 is 0 Å². The van der Waals surface area contributed by atoms with E-state index in [1.54, 1.807) is 0 Å². The number of hydrogen-bond acceptors (Lipinski definition) is 0. The van der Waals surface area contributed by atoms with Crippen molar-refractivity contribution in [3.8, 4) is 44.5 Å². The average molecular weight is 723 g/mol. The minimum absolute atomic E-state index is 0.0416. The topological polar surface area (TPSA) is 0 Å². The first-order chi connectivity index (χ1) is 28.0. The molecule has 0 fully saturated rings. The van der Waals surface area contributed by atoms with Gasteiger partial charge in [-0.1, -0.05) is 190 Å². The van der Waals surface area contributed by atoms with Crippen LogP contribution in [0.2, 0.25) is 0 Å². The van der Waals surface area contributed by atoms with Gasteiger partial charge in [-0.25, -0.2) is 0 Å². The van der Waals surface area contributed by atoms with Crippen LogP contribution in [0.15, 0.2) is 194 Å². The summed E-state index contributed by atoms with van der Waals surface area (Å²) in [6.45, 7) is 4.73. The molecule has 0 aromatic heterocycles. The number of fused-ring (bicyclic) bond motifs is 11. The van der Waals surface area contributed by atoms with E-state index in [-0.39, 0.29) is 5.41 Å². The van der Waals surface area contributed by atoms with Crippen molar-refractivity contribution in [3.63, 3.8) is 0 Å². The van der Waals surface area contributed by atoms with Gasteiger partial charge in [0.1, 0.15) is 0 Å². The fraction of sp³-hybridized carbons (Fsp3) is 0.0526. The van der Waals surface area contributed by atoms with Crippen LogP contribution in [-0.4, -0.2) is 0 Å². The fourth-order valence-corrected chi connectivity index (χ4v) is 10.3. The monoisotopic (exact) mass is 722 g/mol. The van der Waals surface area contributed by atoms with Gasteiger partial charge in [-0.2, -0.15) is 0 Å². The second-order valence-corrected chi connectivity index (χ2v) is 16.4. The minimum Gasteiger partial charge on any atom is -0.0616 e. The Hall–Kier alpha value is -7.02. The third-order valence-electron chi connectivity index (χ3n) is 13.0. The van der Waals surface area contributed by atoms with Crippen molar-refractivity contribution in [2.24, 2.45) is 0 Å². The molecule has 0 atom stereocenters. The lowest BCUT2D eigenvalue weighted by Gasteiger charge is -2.21. The van der Waals surface area contributed by atoms with Crippen LogP contribution in [0.25, 0.3) is 109 Å². The Kier molecular flexibility index (Phi) is 6.78. The summed E-state index contributed by atoms with van der Waals surface area (Å²) in [4.78, 5) is 0. The second kappa shape index (κ2) is 12.0. The van der Waals surface area contributed by atoms with E-state index in [1.165, 1.54) is 120 Å². The Morgan fingerprint density at radius 1 is 0.263 bits per heavy atom. The molecule has 11 aromatic carbocycles. The molecule has 0 heterocycles. The highest BCUT2D eigenvalue weighted by molar-refractivity contribution is 6.25. The lowest BCUT2D eigenvalue weighted by atomic mass is 9.82. The van der Waals surface area contributed by atoms with Gasteiger partial charge in [0.15, 0.2) is 0 Å². The molecule has 0 radical (unpaired) electrons. The van der Waals surface area contributed by atoms with Gasteiger partial charge in [0, 0.05) is 5.41 Å². The molecule has 0 N–H and O–H groups in total. The number of rotatable bonds is 3. The summed E-state index contributed by atoms with van der Waals surface area (Å²) in [5.41, 5.74) is 13.1. The second-order valence-electron chi connectivity index (χ2n) is 16.4. The van der Waals surface area contributed by atoms with Gasteiger partial charge in [-0.3, -0.25) is 0 Å². The van der Waals surface area contributed by atoms with Gasteiger partial charge >= 0.3 is 0 Å². The summed E-state index contributed by atoms with van der Waals surface area (Å²) in [5.74, 6) is 0. The number of hydrogen-bond donors (Lipinski definition) is 0. The van der Waals surface area contributed by atoms with Crippen molar-refractivity contribution in [1.82, 2.24) is 0 Å².